The van der Waals surface area contributed by atoms with Gasteiger partial charge in [0.1, 0.15) is 5.58 Å². The van der Waals surface area contributed by atoms with Crippen LogP contribution in [0.15, 0.2) is 228 Å². The largest absolute Gasteiger partial charge is 0.454 e. The van der Waals surface area contributed by atoms with Crippen LogP contribution in [-0.2, 0) is 0 Å². The van der Waals surface area contributed by atoms with Crippen molar-refractivity contribution in [1.29, 1.82) is 0 Å². The third kappa shape index (κ3) is 6.04. The van der Waals surface area contributed by atoms with Crippen LogP contribution in [0.4, 0.5) is 11.4 Å². The number of para-hydroxylation sites is 3. The first-order valence-electron chi connectivity index (χ1n) is 21.4. The number of aromatic nitrogens is 1. The smallest absolute Gasteiger partial charge is 0.159 e. The third-order valence-corrected chi connectivity index (χ3v) is 12.9. The Morgan fingerprint density at radius 1 is 0.410 bits per heavy atom. The van der Waals surface area contributed by atoms with Crippen LogP contribution in [0.2, 0.25) is 0 Å². The SMILES string of the molecule is C1=C(C2=CC=C(N(c3ccc(-c4ccc5c(c4)c4ccccc4n5-c4cccc5ccccc45)cc3)c3cccc4c3oc3ccccc34)CC2)CCC(c2ccccc2)=C1. The zero-order valence-electron chi connectivity index (χ0n) is 33.8. The van der Waals surface area contributed by atoms with Crippen molar-refractivity contribution < 1.29 is 4.42 Å². The molecule has 0 radical (unpaired) electrons. The van der Waals surface area contributed by atoms with Crippen LogP contribution in [0.25, 0.3) is 76.9 Å². The first-order chi connectivity index (χ1) is 30.2. The molecule has 0 aliphatic heterocycles. The summed E-state index contributed by atoms with van der Waals surface area (Å²) in [5, 5.41) is 7.26. The quantitative estimate of drug-likeness (QED) is 0.161. The predicted molar refractivity (Wildman–Crippen MR) is 257 cm³/mol. The van der Waals surface area contributed by atoms with Gasteiger partial charge in [-0.05, 0) is 119 Å². The molecule has 8 aromatic carbocycles. The molecule has 2 heterocycles. The number of hydrogen-bond donors (Lipinski definition) is 0. The fourth-order valence-electron chi connectivity index (χ4n) is 9.86. The van der Waals surface area contributed by atoms with Crippen LogP contribution in [0.3, 0.4) is 0 Å². The van der Waals surface area contributed by atoms with Crippen LogP contribution in [0.5, 0.6) is 0 Å². The van der Waals surface area contributed by atoms with E-state index < -0.39 is 0 Å². The summed E-state index contributed by atoms with van der Waals surface area (Å²) >= 11 is 0. The van der Waals surface area contributed by atoms with E-state index in [0.29, 0.717) is 0 Å². The Bertz CT molecular complexity index is 3460. The van der Waals surface area contributed by atoms with Crippen molar-refractivity contribution in [2.75, 3.05) is 4.90 Å². The summed E-state index contributed by atoms with van der Waals surface area (Å²) in [4.78, 5) is 2.42. The maximum absolute atomic E-state index is 6.66. The lowest BCUT2D eigenvalue weighted by molar-refractivity contribution is 0.668. The lowest BCUT2D eigenvalue weighted by Gasteiger charge is -2.30. The number of nitrogens with zero attached hydrogens (tertiary/aromatic N) is 2. The van der Waals surface area contributed by atoms with E-state index >= 15 is 0 Å². The second-order valence-electron chi connectivity index (χ2n) is 16.3. The summed E-state index contributed by atoms with van der Waals surface area (Å²) in [6.45, 7) is 0. The average molecular weight is 783 g/mol. The molecule has 0 saturated heterocycles. The Balaban J connectivity index is 0.939. The zero-order valence-corrected chi connectivity index (χ0v) is 33.8. The molecule has 0 unspecified atom stereocenters. The molecule has 0 amide bonds. The highest BCUT2D eigenvalue weighted by atomic mass is 16.3. The van der Waals surface area contributed by atoms with Crippen molar-refractivity contribution in [2.45, 2.75) is 25.7 Å². The van der Waals surface area contributed by atoms with Crippen molar-refractivity contribution in [2.24, 2.45) is 0 Å². The Kier molecular flexibility index (Phi) is 8.45. The minimum absolute atomic E-state index is 0.907. The maximum Gasteiger partial charge on any atom is 0.159 e. The van der Waals surface area contributed by atoms with Crippen LogP contribution in [-0.4, -0.2) is 4.57 Å². The van der Waals surface area contributed by atoms with Gasteiger partial charge in [-0.1, -0.05) is 152 Å². The van der Waals surface area contributed by atoms with Crippen molar-refractivity contribution >= 4 is 71.5 Å². The Hall–Kier alpha value is -7.62. The van der Waals surface area contributed by atoms with Crippen LogP contribution in [0.1, 0.15) is 31.2 Å². The van der Waals surface area contributed by atoms with E-state index in [2.05, 4.69) is 210 Å². The topological polar surface area (TPSA) is 21.3 Å². The van der Waals surface area contributed by atoms with Gasteiger partial charge < -0.3 is 13.9 Å². The van der Waals surface area contributed by atoms with Crippen molar-refractivity contribution in [3.05, 3.63) is 229 Å². The number of benzene rings is 8. The summed E-state index contributed by atoms with van der Waals surface area (Å²) in [5.41, 5.74) is 16.8. The minimum Gasteiger partial charge on any atom is -0.454 e. The summed E-state index contributed by atoms with van der Waals surface area (Å²) < 4.78 is 9.09. The summed E-state index contributed by atoms with van der Waals surface area (Å²) in [6.07, 6.45) is 13.4. The first-order valence-corrected chi connectivity index (χ1v) is 21.4. The highest BCUT2D eigenvalue weighted by molar-refractivity contribution is 6.12. The van der Waals surface area contributed by atoms with Crippen molar-refractivity contribution in [3.8, 4) is 16.8 Å². The van der Waals surface area contributed by atoms with Gasteiger partial charge >= 0.3 is 0 Å². The Morgan fingerprint density at radius 2 is 1.05 bits per heavy atom. The number of fused-ring (bicyclic) bond motifs is 7. The van der Waals surface area contributed by atoms with Gasteiger partial charge in [0.25, 0.3) is 0 Å². The fraction of sp³-hybridized carbons (Fsp3) is 0.0690. The molecular formula is C58H42N2O. The number of anilines is 2. The molecule has 0 atom stereocenters. The van der Waals surface area contributed by atoms with E-state index in [1.807, 2.05) is 6.07 Å². The molecule has 61 heavy (non-hydrogen) atoms. The van der Waals surface area contributed by atoms with E-state index in [4.69, 9.17) is 4.42 Å². The standard InChI is InChI=1S/C58H42N2O/c1-2-12-39(13-3-1)40-24-26-41(27-25-40)42-28-33-46(34-29-42)59(56-22-11-19-51-50-18-7-9-23-57(50)61-58(51)56)47-35-30-43(31-36-47)45-32-37-55-52(38-45)49-17-6-8-20-54(49)60(55)53-21-10-15-44-14-4-5-16-48(44)53/h1-24,26,28,30-33,35-38H,25,27,29,34H2. The lowest BCUT2D eigenvalue weighted by Crippen LogP contribution is -2.18. The lowest BCUT2D eigenvalue weighted by atomic mass is 9.86. The van der Waals surface area contributed by atoms with Gasteiger partial charge in [0.15, 0.2) is 5.58 Å². The van der Waals surface area contributed by atoms with Gasteiger partial charge in [-0.3, -0.25) is 0 Å². The van der Waals surface area contributed by atoms with Gasteiger partial charge in [-0.15, -0.1) is 0 Å². The van der Waals surface area contributed by atoms with Crippen LogP contribution < -0.4 is 4.90 Å². The molecule has 10 aromatic rings. The first kappa shape index (κ1) is 35.3. The second kappa shape index (κ2) is 14.6. The molecule has 3 nitrogen and oxygen atoms in total. The highest BCUT2D eigenvalue weighted by Gasteiger charge is 2.24. The van der Waals surface area contributed by atoms with Gasteiger partial charge in [0.2, 0.25) is 0 Å². The molecule has 290 valence electrons. The molecule has 2 aromatic heterocycles. The van der Waals surface area contributed by atoms with E-state index in [0.717, 1.165) is 59.0 Å². The summed E-state index contributed by atoms with van der Waals surface area (Å²) in [7, 11) is 0. The van der Waals surface area contributed by atoms with Gasteiger partial charge in [-0.2, -0.15) is 0 Å². The van der Waals surface area contributed by atoms with Gasteiger partial charge in [-0.25, -0.2) is 0 Å². The normalized spacial score (nSPS) is 14.4. The number of furan rings is 1. The molecule has 2 aliphatic rings. The second-order valence-corrected chi connectivity index (χ2v) is 16.3. The average Bonchev–Trinajstić information content (AvgIpc) is 3.88. The van der Waals surface area contributed by atoms with E-state index in [1.165, 1.54) is 77.4 Å². The summed E-state index contributed by atoms with van der Waals surface area (Å²) in [6, 6.07) is 65.8. The van der Waals surface area contributed by atoms with Gasteiger partial charge in [0.05, 0.1) is 22.4 Å². The molecule has 2 aliphatic carbocycles. The predicted octanol–water partition coefficient (Wildman–Crippen LogP) is 16.0. The Labute approximate surface area is 355 Å². The van der Waals surface area contributed by atoms with Crippen molar-refractivity contribution in [3.63, 3.8) is 0 Å². The molecule has 12 rings (SSSR count). The van der Waals surface area contributed by atoms with Crippen LogP contribution >= 0.6 is 0 Å². The molecule has 0 saturated carbocycles. The molecule has 3 heteroatoms. The van der Waals surface area contributed by atoms with Crippen molar-refractivity contribution in [1.82, 2.24) is 4.57 Å². The Morgan fingerprint density at radius 3 is 1.87 bits per heavy atom. The fourth-order valence-corrected chi connectivity index (χ4v) is 9.86. The van der Waals surface area contributed by atoms with E-state index in [9.17, 15) is 0 Å². The highest BCUT2D eigenvalue weighted by Crippen LogP contribution is 2.44. The number of hydrogen-bond acceptors (Lipinski definition) is 2. The van der Waals surface area contributed by atoms with E-state index in [-0.39, 0.29) is 0 Å². The van der Waals surface area contributed by atoms with Crippen LogP contribution in [0, 0.1) is 0 Å². The summed E-state index contributed by atoms with van der Waals surface area (Å²) in [5.74, 6) is 0. The van der Waals surface area contributed by atoms with Gasteiger partial charge in [0, 0.05) is 38.3 Å². The number of rotatable bonds is 7. The molecule has 0 spiro atoms. The number of allylic oxidation sites excluding steroid dienone is 8. The zero-order chi connectivity index (χ0) is 40.3. The molecule has 0 N–H and O–H groups in total. The van der Waals surface area contributed by atoms with E-state index in [1.54, 1.807) is 0 Å². The maximum atomic E-state index is 6.66. The molecule has 0 bridgehead atoms. The molecular weight excluding hydrogens is 741 g/mol. The molecule has 0 fully saturated rings. The third-order valence-electron chi connectivity index (χ3n) is 12.9. The minimum atomic E-state index is 0.907. The monoisotopic (exact) mass is 782 g/mol.